The van der Waals surface area contributed by atoms with Crippen LogP contribution in [-0.4, -0.2) is 17.1 Å². The van der Waals surface area contributed by atoms with Crippen LogP contribution in [0.15, 0.2) is 42.5 Å². The molecular weight excluding hydrogens is 302 g/mol. The summed E-state index contributed by atoms with van der Waals surface area (Å²) < 4.78 is 10.7. The lowest BCUT2D eigenvalue weighted by Crippen LogP contribution is -1.94. The van der Waals surface area contributed by atoms with Crippen molar-refractivity contribution in [3.05, 3.63) is 69.3 Å². The number of nitro benzene ring substituents is 1. The molecule has 1 heterocycles. The predicted molar refractivity (Wildman–Crippen MR) is 86.7 cm³/mol. The van der Waals surface area contributed by atoms with Gasteiger partial charge in [0, 0.05) is 23.3 Å². The molecule has 0 aromatic heterocycles. The molecule has 0 saturated carbocycles. The standard InChI is InChI=1S/C16H11NO4S/c1-20-12-5-2-10(3-6-12)8-15-13-7-4-11(17(18)19)9-14(13)16(22)21-15/h2-9H,1H3. The molecule has 110 valence electrons. The molecule has 0 saturated heterocycles. The molecule has 2 aromatic carbocycles. The molecule has 0 fully saturated rings. The highest BCUT2D eigenvalue weighted by Crippen LogP contribution is 2.34. The Balaban J connectivity index is 1.99. The van der Waals surface area contributed by atoms with E-state index in [1.54, 1.807) is 13.2 Å². The van der Waals surface area contributed by atoms with Gasteiger partial charge in [-0.15, -0.1) is 0 Å². The molecule has 22 heavy (non-hydrogen) atoms. The molecule has 0 bridgehead atoms. The average molecular weight is 313 g/mol. The highest BCUT2D eigenvalue weighted by Gasteiger charge is 2.25. The maximum Gasteiger partial charge on any atom is 0.270 e. The maximum absolute atomic E-state index is 10.8. The van der Waals surface area contributed by atoms with Crippen molar-refractivity contribution >= 4 is 34.8 Å². The molecule has 0 amide bonds. The molecule has 5 nitrogen and oxygen atoms in total. The first-order chi connectivity index (χ1) is 10.6. The summed E-state index contributed by atoms with van der Waals surface area (Å²) in [4.78, 5) is 10.4. The van der Waals surface area contributed by atoms with Gasteiger partial charge in [-0.05, 0) is 42.1 Å². The van der Waals surface area contributed by atoms with Crippen LogP contribution in [-0.2, 0) is 4.74 Å². The number of non-ortho nitro benzene ring substituents is 1. The Morgan fingerprint density at radius 3 is 2.55 bits per heavy atom. The molecule has 3 rings (SSSR count). The van der Waals surface area contributed by atoms with Crippen LogP contribution in [0.1, 0.15) is 16.7 Å². The van der Waals surface area contributed by atoms with Gasteiger partial charge in [-0.2, -0.15) is 0 Å². The zero-order valence-corrected chi connectivity index (χ0v) is 12.4. The van der Waals surface area contributed by atoms with Gasteiger partial charge in [0.2, 0.25) is 0 Å². The molecule has 0 aliphatic carbocycles. The number of fused-ring (bicyclic) bond motifs is 1. The summed E-state index contributed by atoms with van der Waals surface area (Å²) in [5.41, 5.74) is 2.25. The average Bonchev–Trinajstić information content (AvgIpc) is 2.84. The monoisotopic (exact) mass is 313 g/mol. The van der Waals surface area contributed by atoms with Gasteiger partial charge < -0.3 is 9.47 Å². The van der Waals surface area contributed by atoms with Gasteiger partial charge in [0.25, 0.3) is 5.69 Å². The Kier molecular flexibility index (Phi) is 3.60. The van der Waals surface area contributed by atoms with Crippen LogP contribution in [0.3, 0.4) is 0 Å². The minimum Gasteiger partial charge on any atom is -0.497 e. The fourth-order valence-corrected chi connectivity index (χ4v) is 2.46. The van der Waals surface area contributed by atoms with Crippen LogP contribution in [0.4, 0.5) is 5.69 Å². The lowest BCUT2D eigenvalue weighted by molar-refractivity contribution is -0.384. The molecule has 0 radical (unpaired) electrons. The normalized spacial score (nSPS) is 14.6. The van der Waals surface area contributed by atoms with Gasteiger partial charge in [0.15, 0.2) is 5.05 Å². The summed E-state index contributed by atoms with van der Waals surface area (Å²) in [5.74, 6) is 1.35. The third kappa shape index (κ3) is 2.56. The number of thiocarbonyl (C=S) groups is 1. The Morgan fingerprint density at radius 2 is 1.91 bits per heavy atom. The van der Waals surface area contributed by atoms with E-state index in [1.807, 2.05) is 30.3 Å². The lowest BCUT2D eigenvalue weighted by Gasteiger charge is -2.02. The second kappa shape index (κ2) is 5.57. The van der Waals surface area contributed by atoms with E-state index in [-0.39, 0.29) is 10.7 Å². The summed E-state index contributed by atoms with van der Waals surface area (Å²) in [7, 11) is 1.61. The van der Waals surface area contributed by atoms with E-state index in [4.69, 9.17) is 21.7 Å². The minimum absolute atomic E-state index is 0.00426. The first-order valence-electron chi connectivity index (χ1n) is 6.45. The van der Waals surface area contributed by atoms with Crippen LogP contribution < -0.4 is 4.74 Å². The van der Waals surface area contributed by atoms with Gasteiger partial charge in [-0.3, -0.25) is 10.1 Å². The number of ether oxygens (including phenoxy) is 2. The minimum atomic E-state index is -0.450. The lowest BCUT2D eigenvalue weighted by atomic mass is 10.1. The van der Waals surface area contributed by atoms with Crippen LogP contribution in [0.25, 0.3) is 11.8 Å². The zero-order chi connectivity index (χ0) is 15.7. The van der Waals surface area contributed by atoms with Gasteiger partial charge in [0.1, 0.15) is 11.5 Å². The number of benzene rings is 2. The number of nitro groups is 1. The molecule has 6 heteroatoms. The van der Waals surface area contributed by atoms with Crippen molar-refractivity contribution in [2.75, 3.05) is 7.11 Å². The quantitative estimate of drug-likeness (QED) is 0.490. The second-order valence-electron chi connectivity index (χ2n) is 4.66. The SMILES string of the molecule is COc1ccc(C=C2OC(=S)c3cc([N+](=O)[O-])ccc32)cc1. The number of hydrogen-bond acceptors (Lipinski definition) is 5. The first kappa shape index (κ1) is 14.2. The van der Waals surface area contributed by atoms with E-state index in [0.717, 1.165) is 16.9 Å². The van der Waals surface area contributed by atoms with Crippen molar-refractivity contribution in [3.63, 3.8) is 0 Å². The molecule has 0 atom stereocenters. The van der Waals surface area contributed by atoms with Gasteiger partial charge in [0.05, 0.1) is 12.0 Å². The summed E-state index contributed by atoms with van der Waals surface area (Å²) in [6.07, 6.45) is 1.84. The highest BCUT2D eigenvalue weighted by atomic mass is 32.1. The number of methoxy groups -OCH3 is 1. The second-order valence-corrected chi connectivity index (χ2v) is 5.03. The number of nitrogens with zero attached hydrogens (tertiary/aromatic N) is 1. The van der Waals surface area contributed by atoms with Crippen LogP contribution >= 0.6 is 12.2 Å². The van der Waals surface area contributed by atoms with Gasteiger partial charge >= 0.3 is 0 Å². The van der Waals surface area contributed by atoms with Gasteiger partial charge in [-0.1, -0.05) is 12.1 Å². The van der Waals surface area contributed by atoms with Crippen molar-refractivity contribution in [2.45, 2.75) is 0 Å². The van der Waals surface area contributed by atoms with E-state index in [2.05, 4.69) is 0 Å². The summed E-state index contributed by atoms with van der Waals surface area (Å²) in [5, 5.41) is 11.1. The molecule has 0 spiro atoms. The number of rotatable bonds is 3. The maximum atomic E-state index is 10.8. The van der Waals surface area contributed by atoms with Crippen molar-refractivity contribution in [3.8, 4) is 5.75 Å². The predicted octanol–water partition coefficient (Wildman–Crippen LogP) is 3.81. The van der Waals surface area contributed by atoms with Gasteiger partial charge in [-0.25, -0.2) is 0 Å². The number of hydrogen-bond donors (Lipinski definition) is 0. The highest BCUT2D eigenvalue weighted by molar-refractivity contribution is 7.80. The molecule has 1 aliphatic rings. The zero-order valence-electron chi connectivity index (χ0n) is 11.6. The Morgan fingerprint density at radius 1 is 1.18 bits per heavy atom. The Hall–Kier alpha value is -2.73. The van der Waals surface area contributed by atoms with Crippen molar-refractivity contribution in [1.29, 1.82) is 0 Å². The third-order valence-electron chi connectivity index (χ3n) is 3.32. The van der Waals surface area contributed by atoms with E-state index in [1.165, 1.54) is 12.1 Å². The molecule has 0 unspecified atom stereocenters. The summed E-state index contributed by atoms with van der Waals surface area (Å²) >= 11 is 5.15. The smallest absolute Gasteiger partial charge is 0.270 e. The molecule has 1 aliphatic heterocycles. The fourth-order valence-electron chi connectivity index (χ4n) is 2.20. The summed E-state index contributed by atoms with van der Waals surface area (Å²) in [6, 6.07) is 12.0. The van der Waals surface area contributed by atoms with Crippen molar-refractivity contribution in [1.82, 2.24) is 0 Å². The Bertz CT molecular complexity index is 796. The summed E-state index contributed by atoms with van der Waals surface area (Å²) in [6.45, 7) is 0. The molecular formula is C16H11NO4S. The van der Waals surface area contributed by atoms with Crippen LogP contribution in [0, 0.1) is 10.1 Å². The van der Waals surface area contributed by atoms with E-state index in [0.29, 0.717) is 11.3 Å². The third-order valence-corrected chi connectivity index (χ3v) is 3.62. The topological polar surface area (TPSA) is 61.6 Å². The molecule has 0 N–H and O–H groups in total. The van der Waals surface area contributed by atoms with Crippen LogP contribution in [0.5, 0.6) is 5.75 Å². The largest absolute Gasteiger partial charge is 0.497 e. The van der Waals surface area contributed by atoms with E-state index >= 15 is 0 Å². The van der Waals surface area contributed by atoms with Crippen molar-refractivity contribution < 1.29 is 14.4 Å². The van der Waals surface area contributed by atoms with E-state index < -0.39 is 4.92 Å². The van der Waals surface area contributed by atoms with E-state index in [9.17, 15) is 10.1 Å². The van der Waals surface area contributed by atoms with Crippen LogP contribution in [0.2, 0.25) is 0 Å². The fraction of sp³-hybridized carbons (Fsp3) is 0.0625. The first-order valence-corrected chi connectivity index (χ1v) is 6.86. The van der Waals surface area contributed by atoms with Crippen molar-refractivity contribution in [2.24, 2.45) is 0 Å². The Labute approximate surface area is 131 Å². The molecule has 2 aromatic rings.